The molecule has 0 radical (unpaired) electrons. The van der Waals surface area contributed by atoms with Crippen LogP contribution in [0.4, 0.5) is 11.4 Å². The van der Waals surface area contributed by atoms with Gasteiger partial charge in [0.05, 0.1) is 23.8 Å². The van der Waals surface area contributed by atoms with Crippen molar-refractivity contribution in [2.24, 2.45) is 0 Å². The maximum atomic E-state index is 12.3. The van der Waals surface area contributed by atoms with Gasteiger partial charge in [0.1, 0.15) is 0 Å². The van der Waals surface area contributed by atoms with Crippen molar-refractivity contribution >= 4 is 69.0 Å². The lowest BCUT2D eigenvalue weighted by molar-refractivity contribution is -0.120. The van der Waals surface area contributed by atoms with Crippen LogP contribution in [0.3, 0.4) is 0 Å². The van der Waals surface area contributed by atoms with Gasteiger partial charge in [-0.05, 0) is 78.0 Å². The molecule has 0 bridgehead atoms. The van der Waals surface area contributed by atoms with E-state index in [1.165, 1.54) is 0 Å². The Kier molecular flexibility index (Phi) is 8.82. The van der Waals surface area contributed by atoms with Gasteiger partial charge in [-0.1, -0.05) is 30.1 Å². The van der Waals surface area contributed by atoms with Crippen molar-refractivity contribution in [2.75, 3.05) is 30.3 Å². The summed E-state index contributed by atoms with van der Waals surface area (Å²) in [6.07, 6.45) is 0.825. The molecule has 0 aliphatic rings. The minimum Gasteiger partial charge on any atom is -0.325 e. The zero-order valence-electron chi connectivity index (χ0n) is 14.8. The fraction of sp³-hybridized carbons (Fsp3) is 0.263. The fourth-order valence-electron chi connectivity index (χ4n) is 2.45. The minimum atomic E-state index is -0.241. The monoisotopic (exact) mass is 519 g/mol. The van der Waals surface area contributed by atoms with Crippen LogP contribution in [0.5, 0.6) is 0 Å². The second-order valence-corrected chi connectivity index (χ2v) is 8.03. The topological polar surface area (TPSA) is 61.4 Å². The normalized spacial score (nSPS) is 10.7. The first-order chi connectivity index (χ1) is 12.9. The average molecular weight is 520 g/mol. The van der Waals surface area contributed by atoms with E-state index in [1.54, 1.807) is 23.1 Å². The van der Waals surface area contributed by atoms with Gasteiger partial charge >= 0.3 is 0 Å². The van der Waals surface area contributed by atoms with Crippen molar-refractivity contribution in [1.29, 1.82) is 0 Å². The molecule has 5 nitrogen and oxygen atoms in total. The van der Waals surface area contributed by atoms with E-state index in [4.69, 9.17) is 23.2 Å². The maximum Gasteiger partial charge on any atom is 0.238 e. The summed E-state index contributed by atoms with van der Waals surface area (Å²) in [5.74, 6) is -0.406. The number of nitrogens with zero attached hydrogens (tertiary/aromatic N) is 1. The largest absolute Gasteiger partial charge is 0.325 e. The van der Waals surface area contributed by atoms with Crippen LogP contribution in [0.25, 0.3) is 0 Å². The fourth-order valence-corrected chi connectivity index (χ4v) is 3.27. The zero-order valence-corrected chi connectivity index (χ0v) is 18.4. The van der Waals surface area contributed by atoms with E-state index in [-0.39, 0.29) is 24.9 Å². The number of carbonyl (C=O) groups excluding carboxylic acids is 2. The molecule has 144 valence electrons. The number of rotatable bonds is 8. The molecule has 2 aromatic rings. The summed E-state index contributed by atoms with van der Waals surface area (Å²) in [5, 5.41) is 6.46. The smallest absolute Gasteiger partial charge is 0.238 e. The van der Waals surface area contributed by atoms with Gasteiger partial charge in [-0.15, -0.1) is 0 Å². The first-order valence-electron chi connectivity index (χ1n) is 8.40. The Labute approximate surface area is 182 Å². The predicted octanol–water partition coefficient (Wildman–Crippen LogP) is 4.89. The Balaban J connectivity index is 1.92. The number of halogens is 3. The lowest BCUT2D eigenvalue weighted by Crippen LogP contribution is -2.39. The molecule has 2 rings (SSSR count). The van der Waals surface area contributed by atoms with E-state index in [0.717, 1.165) is 15.7 Å². The van der Waals surface area contributed by atoms with Crippen LogP contribution in [0, 0.1) is 3.57 Å². The number of hydrogen-bond donors (Lipinski definition) is 2. The van der Waals surface area contributed by atoms with Crippen LogP contribution in [0.15, 0.2) is 42.5 Å². The molecule has 0 aliphatic carbocycles. The highest BCUT2D eigenvalue weighted by Gasteiger charge is 2.15. The summed E-state index contributed by atoms with van der Waals surface area (Å²) in [6, 6.07) is 12.4. The van der Waals surface area contributed by atoms with Crippen molar-refractivity contribution < 1.29 is 9.59 Å². The van der Waals surface area contributed by atoms with Crippen molar-refractivity contribution in [3.8, 4) is 0 Å². The van der Waals surface area contributed by atoms with Crippen LogP contribution in [0.2, 0.25) is 10.0 Å². The number of benzene rings is 2. The third kappa shape index (κ3) is 7.65. The van der Waals surface area contributed by atoms with Crippen molar-refractivity contribution in [2.45, 2.75) is 13.3 Å². The quantitative estimate of drug-likeness (QED) is 0.488. The molecule has 0 saturated heterocycles. The van der Waals surface area contributed by atoms with Crippen molar-refractivity contribution in [1.82, 2.24) is 4.90 Å². The second-order valence-electron chi connectivity index (χ2n) is 5.94. The molecule has 2 aromatic carbocycles. The van der Waals surface area contributed by atoms with Crippen molar-refractivity contribution in [3.05, 3.63) is 56.1 Å². The summed E-state index contributed by atoms with van der Waals surface area (Å²) in [5.41, 5.74) is 1.22. The zero-order chi connectivity index (χ0) is 19.8. The number of amides is 2. The summed E-state index contributed by atoms with van der Waals surface area (Å²) in [7, 11) is 0. The molecule has 2 N–H and O–H groups in total. The van der Waals surface area contributed by atoms with Gasteiger partial charge in [-0.2, -0.15) is 0 Å². The lowest BCUT2D eigenvalue weighted by Gasteiger charge is -2.21. The maximum absolute atomic E-state index is 12.3. The van der Waals surface area contributed by atoms with Gasteiger partial charge in [0, 0.05) is 14.3 Å². The van der Waals surface area contributed by atoms with E-state index in [0.29, 0.717) is 22.3 Å². The SMILES string of the molecule is CCCN(CC(=O)Nc1ccc(I)cc1)CC(=O)Nc1ccc(Cl)cc1Cl. The predicted molar refractivity (Wildman–Crippen MR) is 120 cm³/mol. The van der Waals surface area contributed by atoms with Gasteiger partial charge < -0.3 is 10.6 Å². The van der Waals surface area contributed by atoms with Gasteiger partial charge in [0.15, 0.2) is 0 Å². The third-order valence-corrected chi connectivity index (χ3v) is 4.87. The molecule has 0 unspecified atom stereocenters. The first kappa shape index (κ1) is 21.9. The Bertz CT molecular complexity index is 800. The van der Waals surface area contributed by atoms with Gasteiger partial charge in [0.25, 0.3) is 0 Å². The van der Waals surface area contributed by atoms with E-state index >= 15 is 0 Å². The first-order valence-corrected chi connectivity index (χ1v) is 10.2. The summed E-state index contributed by atoms with van der Waals surface area (Å²) in [6.45, 7) is 2.84. The highest BCUT2D eigenvalue weighted by Crippen LogP contribution is 2.25. The summed E-state index contributed by atoms with van der Waals surface area (Å²) in [4.78, 5) is 26.4. The Hall–Kier alpha value is -1.35. The van der Waals surface area contributed by atoms with E-state index < -0.39 is 0 Å². The van der Waals surface area contributed by atoms with Crippen LogP contribution >= 0.6 is 45.8 Å². The molecule has 0 saturated carbocycles. The van der Waals surface area contributed by atoms with Crippen LogP contribution in [-0.2, 0) is 9.59 Å². The molecule has 8 heteroatoms. The molecule has 2 amide bonds. The molecule has 0 fully saturated rings. The molecule has 0 atom stereocenters. The molecule has 27 heavy (non-hydrogen) atoms. The third-order valence-electron chi connectivity index (χ3n) is 3.61. The van der Waals surface area contributed by atoms with Crippen molar-refractivity contribution in [3.63, 3.8) is 0 Å². The highest BCUT2D eigenvalue weighted by atomic mass is 127. The second kappa shape index (κ2) is 10.8. The van der Waals surface area contributed by atoms with Crippen LogP contribution in [-0.4, -0.2) is 36.3 Å². The molecule has 0 heterocycles. The average Bonchev–Trinajstić information content (AvgIpc) is 2.59. The molecule has 0 aromatic heterocycles. The molecule has 0 spiro atoms. The van der Waals surface area contributed by atoms with Gasteiger partial charge in [0.2, 0.25) is 11.8 Å². The molecular weight excluding hydrogens is 500 g/mol. The Morgan fingerprint density at radius 2 is 1.63 bits per heavy atom. The van der Waals surface area contributed by atoms with Crippen LogP contribution < -0.4 is 10.6 Å². The van der Waals surface area contributed by atoms with E-state index in [1.807, 2.05) is 31.2 Å². The molecular formula is C19H20Cl2IN3O2. The number of nitrogens with one attached hydrogen (secondary N) is 2. The number of carbonyl (C=O) groups is 2. The minimum absolute atomic E-state index is 0.0902. The number of anilines is 2. The van der Waals surface area contributed by atoms with Gasteiger partial charge in [-0.25, -0.2) is 0 Å². The van der Waals surface area contributed by atoms with E-state index in [2.05, 4.69) is 33.2 Å². The van der Waals surface area contributed by atoms with E-state index in [9.17, 15) is 9.59 Å². The van der Waals surface area contributed by atoms with Crippen LogP contribution in [0.1, 0.15) is 13.3 Å². The summed E-state index contributed by atoms with van der Waals surface area (Å²) >= 11 is 14.1. The highest BCUT2D eigenvalue weighted by molar-refractivity contribution is 14.1. The standard InChI is InChI=1S/C19H20Cl2IN3O2/c1-2-9-25(11-18(26)23-15-6-4-14(22)5-7-15)12-19(27)24-17-8-3-13(20)10-16(17)21/h3-8,10H,2,9,11-12H2,1H3,(H,23,26)(H,24,27). The number of hydrogen-bond acceptors (Lipinski definition) is 3. The Morgan fingerprint density at radius 3 is 2.22 bits per heavy atom. The Morgan fingerprint density at radius 1 is 1.00 bits per heavy atom. The summed E-state index contributed by atoms with van der Waals surface area (Å²) < 4.78 is 1.09. The lowest BCUT2D eigenvalue weighted by atomic mass is 10.3. The molecule has 0 aliphatic heterocycles. The van der Waals surface area contributed by atoms with Gasteiger partial charge in [-0.3, -0.25) is 14.5 Å².